The van der Waals surface area contributed by atoms with Crippen LogP contribution in [0.25, 0.3) is 0 Å². The minimum absolute atomic E-state index is 0.0476. The number of carbonyl (C=O) groups is 1. The van der Waals surface area contributed by atoms with E-state index in [1.54, 1.807) is 0 Å². The molecular formula is C23H20ClN3O. The highest BCUT2D eigenvalue weighted by Crippen LogP contribution is 2.38. The molecule has 1 heterocycles. The highest BCUT2D eigenvalue weighted by molar-refractivity contribution is 6.30. The van der Waals surface area contributed by atoms with Crippen LogP contribution in [-0.4, -0.2) is 5.91 Å². The zero-order valence-electron chi connectivity index (χ0n) is 15.4. The Balaban J connectivity index is 1.59. The molecule has 4 nitrogen and oxygen atoms in total. The third-order valence-corrected chi connectivity index (χ3v) is 4.84. The number of hydrogen-bond donors (Lipinski definition) is 2. The first-order valence-electron chi connectivity index (χ1n) is 9.06. The molecule has 0 bridgehead atoms. The summed E-state index contributed by atoms with van der Waals surface area (Å²) in [5.74, 6) is -0.0767. The molecule has 0 aromatic heterocycles. The predicted octanol–water partition coefficient (Wildman–Crippen LogP) is 6.12. The van der Waals surface area contributed by atoms with Gasteiger partial charge in [-0.3, -0.25) is 4.79 Å². The van der Waals surface area contributed by atoms with E-state index in [9.17, 15) is 4.79 Å². The quantitative estimate of drug-likeness (QED) is 0.565. The Morgan fingerprint density at radius 1 is 0.929 bits per heavy atom. The molecule has 0 spiro atoms. The maximum absolute atomic E-state index is 11.2. The minimum atomic E-state index is -0.0767. The van der Waals surface area contributed by atoms with Gasteiger partial charge >= 0.3 is 0 Å². The normalized spacial score (nSPS) is 15.1. The second-order valence-corrected chi connectivity index (χ2v) is 7.06. The van der Waals surface area contributed by atoms with E-state index >= 15 is 0 Å². The molecule has 0 aliphatic carbocycles. The number of para-hydroxylation sites is 1. The Morgan fingerprint density at radius 3 is 2.32 bits per heavy atom. The lowest BCUT2D eigenvalue weighted by Crippen LogP contribution is -2.20. The van der Waals surface area contributed by atoms with E-state index in [0.29, 0.717) is 0 Å². The number of nitrogens with zero attached hydrogens (tertiary/aromatic N) is 1. The van der Waals surface area contributed by atoms with Crippen molar-refractivity contribution in [3.63, 3.8) is 0 Å². The minimum Gasteiger partial charge on any atom is -0.375 e. The Bertz CT molecular complexity index is 1010. The predicted molar refractivity (Wildman–Crippen MR) is 116 cm³/mol. The largest absolute Gasteiger partial charge is 0.375 e. The second-order valence-electron chi connectivity index (χ2n) is 6.63. The van der Waals surface area contributed by atoms with Crippen LogP contribution in [-0.2, 0) is 4.79 Å². The van der Waals surface area contributed by atoms with Crippen LogP contribution in [0.4, 0.5) is 22.7 Å². The van der Waals surface area contributed by atoms with Crippen molar-refractivity contribution in [3.05, 3.63) is 95.7 Å². The molecular weight excluding hydrogens is 370 g/mol. The molecule has 2 N–H and O–H groups in total. The van der Waals surface area contributed by atoms with Gasteiger partial charge in [0.05, 0.1) is 11.7 Å². The fourth-order valence-corrected chi connectivity index (χ4v) is 3.44. The second kappa shape index (κ2) is 7.79. The van der Waals surface area contributed by atoms with E-state index in [2.05, 4.69) is 39.9 Å². The number of carbonyl (C=O) groups excluding carboxylic acids is 1. The van der Waals surface area contributed by atoms with Crippen LogP contribution in [0.3, 0.4) is 0 Å². The number of fused-ring (bicyclic) bond motifs is 1. The van der Waals surface area contributed by atoms with Gasteiger partial charge < -0.3 is 15.5 Å². The number of halogens is 1. The standard InChI is InChI=1S/C23H20ClN3O/c1-16(28)25-18-8-10-19(11-9-18)26-22-14-15-27(20-12-6-17(24)7-13-20)23-5-3-2-4-21(22)23/h2-15,22,26H,1H3,(H,25,28). The van der Waals surface area contributed by atoms with Crippen molar-refractivity contribution < 1.29 is 4.79 Å². The number of rotatable bonds is 4. The molecule has 1 aliphatic rings. The maximum atomic E-state index is 11.2. The maximum Gasteiger partial charge on any atom is 0.221 e. The van der Waals surface area contributed by atoms with E-state index in [1.807, 2.05) is 60.7 Å². The van der Waals surface area contributed by atoms with Gasteiger partial charge in [0.25, 0.3) is 0 Å². The molecule has 3 aromatic rings. The molecule has 5 heteroatoms. The first-order chi connectivity index (χ1) is 13.6. The van der Waals surface area contributed by atoms with Crippen molar-refractivity contribution in [2.24, 2.45) is 0 Å². The van der Waals surface area contributed by atoms with E-state index in [1.165, 1.54) is 12.5 Å². The van der Waals surface area contributed by atoms with E-state index < -0.39 is 0 Å². The van der Waals surface area contributed by atoms with Gasteiger partial charge in [0.15, 0.2) is 0 Å². The van der Waals surface area contributed by atoms with Gasteiger partial charge in [-0.1, -0.05) is 29.8 Å². The van der Waals surface area contributed by atoms with Gasteiger partial charge in [-0.25, -0.2) is 0 Å². The summed E-state index contributed by atoms with van der Waals surface area (Å²) in [6.07, 6.45) is 4.22. The molecule has 1 aliphatic heterocycles. The molecule has 1 unspecified atom stereocenters. The SMILES string of the molecule is CC(=O)Nc1ccc(NC2C=CN(c3ccc(Cl)cc3)c3ccccc32)cc1. The summed E-state index contributed by atoms with van der Waals surface area (Å²) in [5.41, 5.74) is 5.14. The number of benzene rings is 3. The van der Waals surface area contributed by atoms with Gasteiger partial charge in [-0.15, -0.1) is 0 Å². The zero-order chi connectivity index (χ0) is 19.5. The summed E-state index contributed by atoms with van der Waals surface area (Å²) < 4.78 is 0. The molecule has 0 saturated heterocycles. The molecule has 1 atom stereocenters. The Morgan fingerprint density at radius 2 is 1.61 bits per heavy atom. The Labute approximate surface area is 169 Å². The van der Waals surface area contributed by atoms with Crippen molar-refractivity contribution in [2.45, 2.75) is 13.0 Å². The van der Waals surface area contributed by atoms with Crippen LogP contribution in [0.1, 0.15) is 18.5 Å². The van der Waals surface area contributed by atoms with E-state index in [-0.39, 0.29) is 11.9 Å². The van der Waals surface area contributed by atoms with Gasteiger partial charge in [-0.05, 0) is 60.7 Å². The number of amides is 1. The smallest absolute Gasteiger partial charge is 0.221 e. The number of hydrogen-bond acceptors (Lipinski definition) is 3. The fourth-order valence-electron chi connectivity index (χ4n) is 3.31. The van der Waals surface area contributed by atoms with Gasteiger partial charge in [-0.2, -0.15) is 0 Å². The monoisotopic (exact) mass is 389 g/mol. The molecule has 0 fully saturated rings. The first kappa shape index (κ1) is 18.1. The van der Waals surface area contributed by atoms with Crippen molar-refractivity contribution in [2.75, 3.05) is 15.5 Å². The van der Waals surface area contributed by atoms with Gasteiger partial charge in [0.1, 0.15) is 0 Å². The van der Waals surface area contributed by atoms with Crippen LogP contribution in [0.5, 0.6) is 0 Å². The van der Waals surface area contributed by atoms with Crippen LogP contribution < -0.4 is 15.5 Å². The molecule has 0 radical (unpaired) electrons. The Kier molecular flexibility index (Phi) is 5.04. The molecule has 28 heavy (non-hydrogen) atoms. The van der Waals surface area contributed by atoms with Gasteiger partial charge in [0.2, 0.25) is 5.91 Å². The highest BCUT2D eigenvalue weighted by atomic mass is 35.5. The average Bonchev–Trinajstić information content (AvgIpc) is 2.70. The summed E-state index contributed by atoms with van der Waals surface area (Å²) in [6, 6.07) is 23.9. The lowest BCUT2D eigenvalue weighted by atomic mass is 9.99. The van der Waals surface area contributed by atoms with Crippen molar-refractivity contribution in [1.29, 1.82) is 0 Å². The van der Waals surface area contributed by atoms with Crippen molar-refractivity contribution in [1.82, 2.24) is 0 Å². The zero-order valence-corrected chi connectivity index (χ0v) is 16.1. The van der Waals surface area contributed by atoms with Crippen molar-refractivity contribution in [3.8, 4) is 0 Å². The van der Waals surface area contributed by atoms with Crippen molar-refractivity contribution >= 4 is 40.3 Å². The molecule has 140 valence electrons. The van der Waals surface area contributed by atoms with Crippen LogP contribution in [0.15, 0.2) is 85.1 Å². The van der Waals surface area contributed by atoms with Crippen LogP contribution >= 0.6 is 11.6 Å². The summed E-state index contributed by atoms with van der Waals surface area (Å²) in [4.78, 5) is 13.3. The summed E-state index contributed by atoms with van der Waals surface area (Å²) >= 11 is 6.03. The van der Waals surface area contributed by atoms with E-state index in [4.69, 9.17) is 11.6 Å². The van der Waals surface area contributed by atoms with Gasteiger partial charge in [0, 0.05) is 40.8 Å². The summed E-state index contributed by atoms with van der Waals surface area (Å²) in [5, 5.41) is 7.06. The van der Waals surface area contributed by atoms with Crippen LogP contribution in [0.2, 0.25) is 5.02 Å². The molecule has 3 aromatic carbocycles. The summed E-state index contributed by atoms with van der Waals surface area (Å²) in [7, 11) is 0. The highest BCUT2D eigenvalue weighted by Gasteiger charge is 2.21. The van der Waals surface area contributed by atoms with E-state index in [0.717, 1.165) is 27.8 Å². The lowest BCUT2D eigenvalue weighted by molar-refractivity contribution is -0.114. The third-order valence-electron chi connectivity index (χ3n) is 4.59. The lowest BCUT2D eigenvalue weighted by Gasteiger charge is -2.31. The first-order valence-corrected chi connectivity index (χ1v) is 9.44. The number of nitrogens with one attached hydrogen (secondary N) is 2. The molecule has 1 amide bonds. The topological polar surface area (TPSA) is 44.4 Å². The summed E-state index contributed by atoms with van der Waals surface area (Å²) in [6.45, 7) is 1.50. The number of anilines is 4. The Hall–Kier alpha value is -3.24. The average molecular weight is 390 g/mol. The third kappa shape index (κ3) is 3.87. The van der Waals surface area contributed by atoms with Crippen LogP contribution in [0, 0.1) is 0 Å². The fraction of sp³-hybridized carbons (Fsp3) is 0.0870. The molecule has 0 saturated carbocycles. The molecule has 4 rings (SSSR count).